The highest BCUT2D eigenvalue weighted by molar-refractivity contribution is 7.89. The Balaban J connectivity index is 1.63. The molecule has 1 aromatic heterocycles. The molecule has 168 valence electrons. The van der Waals surface area contributed by atoms with Gasteiger partial charge in [0.1, 0.15) is 16.8 Å². The molecule has 1 aromatic carbocycles. The molecule has 2 aromatic rings. The van der Waals surface area contributed by atoms with E-state index in [1.165, 1.54) is 16.4 Å². The number of nitro benzene ring substituents is 1. The summed E-state index contributed by atoms with van der Waals surface area (Å²) in [5.41, 5.74) is 0.640. The van der Waals surface area contributed by atoms with Crippen molar-refractivity contribution in [3.8, 4) is 6.07 Å². The molecule has 0 spiro atoms. The lowest BCUT2D eigenvalue weighted by Crippen LogP contribution is -2.48. The number of morpholine rings is 1. The number of rotatable bonds is 5. The van der Waals surface area contributed by atoms with Crippen molar-refractivity contribution in [3.05, 3.63) is 52.2 Å². The molecule has 32 heavy (non-hydrogen) atoms. The van der Waals surface area contributed by atoms with E-state index in [0.29, 0.717) is 43.2 Å². The van der Waals surface area contributed by atoms with Crippen LogP contribution in [0.15, 0.2) is 41.4 Å². The average molecular weight is 459 g/mol. The number of hydrogen-bond donors (Lipinski definition) is 0. The largest absolute Gasteiger partial charge is 0.379 e. The molecule has 4 rings (SSSR count). The number of anilines is 2. The van der Waals surface area contributed by atoms with Crippen LogP contribution in [0.25, 0.3) is 0 Å². The molecule has 0 unspecified atom stereocenters. The van der Waals surface area contributed by atoms with Crippen LogP contribution in [0.4, 0.5) is 17.2 Å². The smallest absolute Gasteiger partial charge is 0.270 e. The van der Waals surface area contributed by atoms with E-state index in [4.69, 9.17) is 4.74 Å². The van der Waals surface area contributed by atoms with Gasteiger partial charge in [-0.25, -0.2) is 13.4 Å². The Hall–Kier alpha value is -3.27. The van der Waals surface area contributed by atoms with E-state index in [0.717, 1.165) is 6.07 Å². The molecule has 0 saturated carbocycles. The van der Waals surface area contributed by atoms with Crippen LogP contribution in [0.3, 0.4) is 0 Å². The van der Waals surface area contributed by atoms with Gasteiger partial charge in [-0.1, -0.05) is 0 Å². The Morgan fingerprint density at radius 1 is 1.06 bits per heavy atom. The normalized spacial score (nSPS) is 17.7. The molecular formula is C20H22N6O5S. The van der Waals surface area contributed by atoms with Gasteiger partial charge in [-0.15, -0.1) is 0 Å². The number of aromatic nitrogens is 1. The predicted molar refractivity (Wildman–Crippen MR) is 116 cm³/mol. The van der Waals surface area contributed by atoms with Gasteiger partial charge in [-0.2, -0.15) is 9.57 Å². The fraction of sp³-hybridized carbons (Fsp3) is 0.400. The van der Waals surface area contributed by atoms with E-state index in [9.17, 15) is 23.8 Å². The molecule has 0 aliphatic carbocycles. The third kappa shape index (κ3) is 4.22. The number of benzene rings is 1. The minimum atomic E-state index is -3.94. The van der Waals surface area contributed by atoms with Crippen molar-refractivity contribution in [3.63, 3.8) is 0 Å². The van der Waals surface area contributed by atoms with Crippen molar-refractivity contribution in [2.45, 2.75) is 4.90 Å². The molecule has 11 nitrogen and oxygen atoms in total. The number of ether oxygens (including phenoxy) is 1. The zero-order valence-electron chi connectivity index (χ0n) is 17.3. The summed E-state index contributed by atoms with van der Waals surface area (Å²) in [6.07, 6.45) is 1.63. The molecule has 0 radical (unpaired) electrons. The van der Waals surface area contributed by atoms with Crippen molar-refractivity contribution >= 4 is 27.2 Å². The summed E-state index contributed by atoms with van der Waals surface area (Å²) in [7, 11) is -3.94. The van der Waals surface area contributed by atoms with Gasteiger partial charge in [-0.05, 0) is 18.2 Å². The molecule has 0 N–H and O–H groups in total. The monoisotopic (exact) mass is 458 g/mol. The van der Waals surface area contributed by atoms with Gasteiger partial charge >= 0.3 is 0 Å². The fourth-order valence-electron chi connectivity index (χ4n) is 3.91. The Kier molecular flexibility index (Phi) is 6.22. The Morgan fingerprint density at radius 3 is 2.41 bits per heavy atom. The molecule has 0 bridgehead atoms. The standard InChI is InChI=1S/C20H22N6O5S/c21-15-16-2-1-5-22-20(16)24-8-6-23(7-9-24)18-4-3-17(26(27)28)14-19(18)32(29,30)25-10-12-31-13-11-25/h1-5,14H,6-13H2. The molecule has 0 amide bonds. The van der Waals surface area contributed by atoms with Crippen LogP contribution < -0.4 is 9.80 Å². The number of pyridine rings is 1. The molecule has 2 aliphatic heterocycles. The Labute approximate surface area is 185 Å². The third-order valence-electron chi connectivity index (χ3n) is 5.57. The summed E-state index contributed by atoms with van der Waals surface area (Å²) in [6, 6.07) is 9.52. The molecule has 2 fully saturated rings. The molecule has 0 atom stereocenters. The first-order valence-corrected chi connectivity index (χ1v) is 11.6. The molecule has 2 aliphatic rings. The maximum absolute atomic E-state index is 13.4. The second-order valence-electron chi connectivity index (χ2n) is 7.39. The van der Waals surface area contributed by atoms with E-state index in [1.54, 1.807) is 18.3 Å². The van der Waals surface area contributed by atoms with Crippen LogP contribution in [0.1, 0.15) is 5.56 Å². The second-order valence-corrected chi connectivity index (χ2v) is 9.29. The molecule has 12 heteroatoms. The fourth-order valence-corrected chi connectivity index (χ4v) is 5.54. The summed E-state index contributed by atoms with van der Waals surface area (Å²) in [4.78, 5) is 18.9. The number of piperazine rings is 1. The highest BCUT2D eigenvalue weighted by Gasteiger charge is 2.33. The van der Waals surface area contributed by atoms with Crippen LogP contribution >= 0.6 is 0 Å². The van der Waals surface area contributed by atoms with Gasteiger partial charge in [0, 0.05) is 57.6 Å². The number of nitrogens with zero attached hydrogens (tertiary/aromatic N) is 6. The summed E-state index contributed by atoms with van der Waals surface area (Å²) in [5.74, 6) is 0.597. The summed E-state index contributed by atoms with van der Waals surface area (Å²) in [5, 5.41) is 20.7. The number of hydrogen-bond acceptors (Lipinski definition) is 9. The third-order valence-corrected chi connectivity index (χ3v) is 7.50. The van der Waals surface area contributed by atoms with Gasteiger partial charge in [0.25, 0.3) is 5.69 Å². The SMILES string of the molecule is N#Cc1cccnc1N1CCN(c2ccc([N+](=O)[O-])cc2S(=O)(=O)N2CCOCC2)CC1. The number of nitro groups is 1. The van der Waals surface area contributed by atoms with Gasteiger partial charge in [-0.3, -0.25) is 10.1 Å². The van der Waals surface area contributed by atoms with E-state index in [-0.39, 0.29) is 36.9 Å². The number of non-ortho nitro benzene ring substituents is 1. The first-order valence-electron chi connectivity index (χ1n) is 10.1. The summed E-state index contributed by atoms with van der Waals surface area (Å²) >= 11 is 0. The molecule has 3 heterocycles. The second kappa shape index (κ2) is 9.07. The van der Waals surface area contributed by atoms with Gasteiger partial charge in [0.05, 0.1) is 29.4 Å². The van der Waals surface area contributed by atoms with Crippen molar-refractivity contribution in [2.75, 3.05) is 62.3 Å². The van der Waals surface area contributed by atoms with Crippen molar-refractivity contribution in [1.82, 2.24) is 9.29 Å². The van der Waals surface area contributed by atoms with Gasteiger partial charge < -0.3 is 14.5 Å². The topological polar surface area (TPSA) is 133 Å². The lowest BCUT2D eigenvalue weighted by molar-refractivity contribution is -0.385. The van der Waals surface area contributed by atoms with E-state index < -0.39 is 14.9 Å². The quantitative estimate of drug-likeness (QED) is 0.479. The van der Waals surface area contributed by atoms with Gasteiger partial charge in [0.2, 0.25) is 10.0 Å². The maximum atomic E-state index is 13.4. The van der Waals surface area contributed by atoms with Gasteiger partial charge in [0.15, 0.2) is 0 Å². The average Bonchev–Trinajstić information content (AvgIpc) is 2.84. The van der Waals surface area contributed by atoms with Crippen LogP contribution in [-0.2, 0) is 14.8 Å². The lowest BCUT2D eigenvalue weighted by Gasteiger charge is -2.38. The Morgan fingerprint density at radius 2 is 1.75 bits per heavy atom. The van der Waals surface area contributed by atoms with E-state index in [1.807, 2.05) is 9.80 Å². The van der Waals surface area contributed by atoms with Crippen molar-refractivity contribution < 1.29 is 18.1 Å². The zero-order chi connectivity index (χ0) is 22.7. The van der Waals surface area contributed by atoms with Crippen LogP contribution in [-0.4, -0.2) is 75.1 Å². The molecule has 2 saturated heterocycles. The van der Waals surface area contributed by atoms with Crippen LogP contribution in [0.5, 0.6) is 0 Å². The van der Waals surface area contributed by atoms with Crippen LogP contribution in [0.2, 0.25) is 0 Å². The van der Waals surface area contributed by atoms with E-state index in [2.05, 4.69) is 11.1 Å². The van der Waals surface area contributed by atoms with E-state index >= 15 is 0 Å². The number of sulfonamides is 1. The maximum Gasteiger partial charge on any atom is 0.270 e. The lowest BCUT2D eigenvalue weighted by atomic mass is 10.2. The first kappa shape index (κ1) is 21.9. The first-order chi connectivity index (χ1) is 15.4. The van der Waals surface area contributed by atoms with Crippen molar-refractivity contribution in [1.29, 1.82) is 5.26 Å². The predicted octanol–water partition coefficient (Wildman–Crippen LogP) is 1.21. The summed E-state index contributed by atoms with van der Waals surface area (Å²) in [6.45, 7) is 2.99. The highest BCUT2D eigenvalue weighted by Crippen LogP contribution is 2.33. The minimum absolute atomic E-state index is 0.0717. The number of nitriles is 1. The minimum Gasteiger partial charge on any atom is -0.379 e. The molecular weight excluding hydrogens is 436 g/mol. The summed E-state index contributed by atoms with van der Waals surface area (Å²) < 4.78 is 33.3. The Bertz CT molecular complexity index is 1150. The van der Waals surface area contributed by atoms with Crippen LogP contribution in [0, 0.1) is 21.4 Å². The highest BCUT2D eigenvalue weighted by atomic mass is 32.2. The zero-order valence-corrected chi connectivity index (χ0v) is 18.1. The van der Waals surface area contributed by atoms with Crippen molar-refractivity contribution in [2.24, 2.45) is 0 Å².